The molecule has 2 aromatic rings. The van der Waals surface area contributed by atoms with E-state index < -0.39 is 11.9 Å². The Hall–Kier alpha value is -2.63. The first-order valence-corrected chi connectivity index (χ1v) is 7.10. The summed E-state index contributed by atoms with van der Waals surface area (Å²) < 4.78 is 1.53. The second-order valence-electron chi connectivity index (χ2n) is 5.58. The van der Waals surface area contributed by atoms with Gasteiger partial charge in [-0.05, 0) is 30.5 Å². The van der Waals surface area contributed by atoms with Crippen LogP contribution in [0.1, 0.15) is 45.7 Å². The molecule has 2 N–H and O–H groups in total. The number of hydrogen-bond donors (Lipinski definition) is 2. The average molecular weight is 299 g/mol. The van der Waals surface area contributed by atoms with E-state index in [0.29, 0.717) is 12.1 Å². The molecule has 0 aliphatic heterocycles. The number of carbonyl (C=O) groups is 2. The number of benzene rings is 1. The highest BCUT2D eigenvalue weighted by Gasteiger charge is 2.36. The van der Waals surface area contributed by atoms with E-state index in [9.17, 15) is 14.7 Å². The fourth-order valence-corrected chi connectivity index (χ4v) is 3.06. The van der Waals surface area contributed by atoms with Gasteiger partial charge in [0.25, 0.3) is 5.91 Å². The molecule has 1 aliphatic rings. The van der Waals surface area contributed by atoms with Crippen LogP contribution in [0.15, 0.2) is 30.3 Å². The summed E-state index contributed by atoms with van der Waals surface area (Å²) in [6.45, 7) is 1.82. The first-order chi connectivity index (χ1) is 10.5. The van der Waals surface area contributed by atoms with Crippen LogP contribution in [0.25, 0.3) is 0 Å². The molecule has 1 aliphatic carbocycles. The maximum absolute atomic E-state index is 12.4. The van der Waals surface area contributed by atoms with Gasteiger partial charge in [-0.15, -0.1) is 0 Å². The largest absolute Gasteiger partial charge is 0.481 e. The zero-order chi connectivity index (χ0) is 15.9. The summed E-state index contributed by atoms with van der Waals surface area (Å²) in [4.78, 5) is 23.8. The number of fused-ring (bicyclic) bond motifs is 1. The third kappa shape index (κ3) is 2.36. The molecule has 0 spiro atoms. The predicted octanol–water partition coefficient (Wildman–Crippen LogP) is 1.77. The Labute approximate surface area is 127 Å². The second-order valence-corrected chi connectivity index (χ2v) is 5.58. The minimum absolute atomic E-state index is 0.242. The predicted molar refractivity (Wildman–Crippen MR) is 79.6 cm³/mol. The quantitative estimate of drug-likeness (QED) is 0.904. The van der Waals surface area contributed by atoms with Crippen molar-refractivity contribution in [3.63, 3.8) is 0 Å². The van der Waals surface area contributed by atoms with Crippen molar-refractivity contribution in [1.82, 2.24) is 15.1 Å². The zero-order valence-corrected chi connectivity index (χ0v) is 12.4. The van der Waals surface area contributed by atoms with Gasteiger partial charge >= 0.3 is 5.97 Å². The number of rotatable bonds is 3. The number of aromatic nitrogens is 2. The number of carboxylic acids is 1. The van der Waals surface area contributed by atoms with E-state index in [1.807, 2.05) is 31.2 Å². The first-order valence-electron chi connectivity index (χ1n) is 7.10. The Morgan fingerprint density at radius 2 is 2.00 bits per heavy atom. The van der Waals surface area contributed by atoms with Crippen LogP contribution >= 0.6 is 0 Å². The highest BCUT2D eigenvalue weighted by molar-refractivity contribution is 5.93. The third-order valence-corrected chi connectivity index (χ3v) is 4.06. The summed E-state index contributed by atoms with van der Waals surface area (Å²) in [5.41, 5.74) is 2.89. The molecule has 22 heavy (non-hydrogen) atoms. The van der Waals surface area contributed by atoms with Gasteiger partial charge in [0, 0.05) is 7.05 Å². The van der Waals surface area contributed by atoms with E-state index in [0.717, 1.165) is 16.8 Å². The highest BCUT2D eigenvalue weighted by Crippen LogP contribution is 2.40. The topological polar surface area (TPSA) is 84.2 Å². The molecule has 0 saturated heterocycles. The minimum Gasteiger partial charge on any atom is -0.481 e. The van der Waals surface area contributed by atoms with Gasteiger partial charge in [0.05, 0.1) is 17.7 Å². The average Bonchev–Trinajstić information content (AvgIpc) is 3.00. The first kappa shape index (κ1) is 14.3. The normalized spacial score (nSPS) is 19.7. The van der Waals surface area contributed by atoms with Gasteiger partial charge in [0.15, 0.2) is 0 Å². The van der Waals surface area contributed by atoms with E-state index in [2.05, 4.69) is 10.4 Å². The third-order valence-electron chi connectivity index (χ3n) is 4.06. The second kappa shape index (κ2) is 5.29. The molecule has 1 amide bonds. The summed E-state index contributed by atoms with van der Waals surface area (Å²) >= 11 is 0. The van der Waals surface area contributed by atoms with Crippen molar-refractivity contribution in [1.29, 1.82) is 0 Å². The Kier molecular flexibility index (Phi) is 3.44. The van der Waals surface area contributed by atoms with Crippen LogP contribution in [-0.4, -0.2) is 26.8 Å². The highest BCUT2D eigenvalue weighted by atomic mass is 16.4. The Balaban J connectivity index is 1.86. The van der Waals surface area contributed by atoms with Gasteiger partial charge in [-0.25, -0.2) is 0 Å². The number of aryl methyl sites for hydroxylation is 2. The van der Waals surface area contributed by atoms with Crippen LogP contribution in [0.2, 0.25) is 0 Å². The van der Waals surface area contributed by atoms with E-state index in [-0.39, 0.29) is 11.9 Å². The number of carboxylic acid groups (broad SMARTS) is 1. The van der Waals surface area contributed by atoms with Crippen LogP contribution in [0.3, 0.4) is 0 Å². The SMILES string of the molecule is Cc1cc(C(=O)NC2CC(C(=O)O)c3ccccc32)n(C)n1. The van der Waals surface area contributed by atoms with E-state index >= 15 is 0 Å². The maximum Gasteiger partial charge on any atom is 0.311 e. The molecular weight excluding hydrogens is 282 g/mol. The molecule has 0 bridgehead atoms. The minimum atomic E-state index is -0.861. The molecule has 2 atom stereocenters. The Morgan fingerprint density at radius 1 is 1.32 bits per heavy atom. The lowest BCUT2D eigenvalue weighted by Gasteiger charge is -2.14. The number of aliphatic carboxylic acids is 1. The molecule has 114 valence electrons. The number of amides is 1. The van der Waals surface area contributed by atoms with E-state index in [1.54, 1.807) is 13.1 Å². The monoisotopic (exact) mass is 299 g/mol. The molecule has 6 nitrogen and oxygen atoms in total. The summed E-state index contributed by atoms with van der Waals surface area (Å²) in [5, 5.41) is 16.4. The van der Waals surface area contributed by atoms with Crippen molar-refractivity contribution in [2.24, 2.45) is 7.05 Å². The van der Waals surface area contributed by atoms with E-state index in [4.69, 9.17) is 0 Å². The molecule has 1 aromatic heterocycles. The standard InChI is InChI=1S/C16H17N3O3/c1-9-7-14(19(2)18-9)15(20)17-13-8-12(16(21)22)10-5-3-4-6-11(10)13/h3-7,12-13H,8H2,1-2H3,(H,17,20)(H,21,22). The number of hydrogen-bond acceptors (Lipinski definition) is 3. The van der Waals surface area contributed by atoms with Crippen LogP contribution in [-0.2, 0) is 11.8 Å². The Morgan fingerprint density at radius 3 is 2.59 bits per heavy atom. The van der Waals surface area contributed by atoms with Crippen molar-refractivity contribution in [3.05, 3.63) is 52.8 Å². The Bertz CT molecular complexity index is 751. The zero-order valence-electron chi connectivity index (χ0n) is 12.4. The van der Waals surface area contributed by atoms with Gasteiger partial charge in [-0.2, -0.15) is 5.10 Å². The number of nitrogens with zero attached hydrogens (tertiary/aromatic N) is 2. The number of nitrogens with one attached hydrogen (secondary N) is 1. The molecule has 1 aromatic carbocycles. The van der Waals surface area contributed by atoms with Crippen LogP contribution < -0.4 is 5.32 Å². The summed E-state index contributed by atoms with van der Waals surface area (Å²) in [6, 6.07) is 8.79. The molecule has 2 unspecified atom stereocenters. The molecule has 3 rings (SSSR count). The summed E-state index contributed by atoms with van der Waals surface area (Å²) in [6.07, 6.45) is 0.372. The molecule has 0 fully saturated rings. The van der Waals surface area contributed by atoms with Gasteiger partial charge in [-0.3, -0.25) is 14.3 Å². The lowest BCUT2D eigenvalue weighted by molar-refractivity contribution is -0.138. The van der Waals surface area contributed by atoms with Crippen molar-refractivity contribution in [2.45, 2.75) is 25.3 Å². The van der Waals surface area contributed by atoms with Crippen molar-refractivity contribution in [2.75, 3.05) is 0 Å². The van der Waals surface area contributed by atoms with Crippen molar-refractivity contribution < 1.29 is 14.7 Å². The van der Waals surface area contributed by atoms with Gasteiger partial charge in [0.1, 0.15) is 5.69 Å². The summed E-state index contributed by atoms with van der Waals surface area (Å²) in [5.74, 6) is -1.68. The van der Waals surface area contributed by atoms with Crippen LogP contribution in [0, 0.1) is 6.92 Å². The fraction of sp³-hybridized carbons (Fsp3) is 0.312. The van der Waals surface area contributed by atoms with Crippen LogP contribution in [0.5, 0.6) is 0 Å². The fourth-order valence-electron chi connectivity index (χ4n) is 3.06. The van der Waals surface area contributed by atoms with Gasteiger partial charge in [0.2, 0.25) is 0 Å². The van der Waals surface area contributed by atoms with Crippen LogP contribution in [0.4, 0.5) is 0 Å². The van der Waals surface area contributed by atoms with E-state index in [1.165, 1.54) is 4.68 Å². The van der Waals surface area contributed by atoms with Gasteiger partial charge in [-0.1, -0.05) is 24.3 Å². The van der Waals surface area contributed by atoms with Gasteiger partial charge < -0.3 is 10.4 Å². The summed E-state index contributed by atoms with van der Waals surface area (Å²) in [7, 11) is 1.71. The molecule has 6 heteroatoms. The van der Waals surface area contributed by atoms with Crippen molar-refractivity contribution in [3.8, 4) is 0 Å². The smallest absolute Gasteiger partial charge is 0.311 e. The van der Waals surface area contributed by atoms with Crippen molar-refractivity contribution >= 4 is 11.9 Å². The lowest BCUT2D eigenvalue weighted by Crippen LogP contribution is -2.29. The maximum atomic E-state index is 12.4. The molecular formula is C16H17N3O3. The molecule has 0 saturated carbocycles. The molecule has 1 heterocycles. The number of carbonyl (C=O) groups excluding carboxylic acids is 1. The molecule has 0 radical (unpaired) electrons. The lowest BCUT2D eigenvalue weighted by atomic mass is 10.0.